The van der Waals surface area contributed by atoms with Crippen molar-refractivity contribution in [2.75, 3.05) is 0 Å². The molecule has 0 rings (SSSR count). The van der Waals surface area contributed by atoms with Crippen LogP contribution < -0.4 is 0 Å². The van der Waals surface area contributed by atoms with Crippen LogP contribution in [0.5, 0.6) is 0 Å². The molecule has 0 fully saturated rings. The summed E-state index contributed by atoms with van der Waals surface area (Å²) in [5.41, 5.74) is 0. The second-order valence-corrected chi connectivity index (χ2v) is 6.05. The molecule has 25 heavy (non-hydrogen) atoms. The minimum absolute atomic E-state index is 0.247. The lowest BCUT2D eigenvalue weighted by Gasteiger charge is -2.08. The molecule has 1 unspecified atom stereocenters. The van der Waals surface area contributed by atoms with Crippen LogP contribution in [-0.2, 0) is 4.79 Å². The molecule has 0 aliphatic carbocycles. The fourth-order valence-electron chi connectivity index (χ4n) is 2.29. The van der Waals surface area contributed by atoms with Gasteiger partial charge in [-0.05, 0) is 25.3 Å². The molecule has 0 heterocycles. The van der Waals surface area contributed by atoms with Crippen LogP contribution in [0.4, 0.5) is 0 Å². The Morgan fingerprint density at radius 2 is 1.56 bits per heavy atom. The highest BCUT2D eigenvalue weighted by Crippen LogP contribution is 2.11. The SMILES string of the molecule is CCCCCCCCC(O)CCC=CC=CC(O)=CC(O)=CC(=O)O. The van der Waals surface area contributed by atoms with E-state index in [9.17, 15) is 20.1 Å². The molecule has 0 aliphatic heterocycles. The summed E-state index contributed by atoms with van der Waals surface area (Å²) in [7, 11) is 0. The zero-order valence-corrected chi connectivity index (χ0v) is 15.1. The Balaban J connectivity index is 3.86. The summed E-state index contributed by atoms with van der Waals surface area (Å²) in [6.07, 6.45) is 17.4. The number of carboxylic acid groups (broad SMARTS) is 1. The number of aliphatic hydroxyl groups excluding tert-OH is 3. The fraction of sp³-hybridized carbons (Fsp3) is 0.550. The summed E-state index contributed by atoms with van der Waals surface area (Å²) >= 11 is 0. The van der Waals surface area contributed by atoms with Crippen molar-refractivity contribution in [2.45, 2.75) is 70.8 Å². The lowest BCUT2D eigenvalue weighted by molar-refractivity contribution is -0.131. The van der Waals surface area contributed by atoms with Crippen molar-refractivity contribution < 1.29 is 25.2 Å². The van der Waals surface area contributed by atoms with Crippen LogP contribution in [-0.4, -0.2) is 32.5 Å². The lowest BCUT2D eigenvalue weighted by Crippen LogP contribution is -2.05. The molecule has 5 heteroatoms. The summed E-state index contributed by atoms with van der Waals surface area (Å²) in [6.45, 7) is 2.20. The smallest absolute Gasteiger partial charge is 0.332 e. The molecule has 142 valence electrons. The summed E-state index contributed by atoms with van der Waals surface area (Å²) < 4.78 is 0. The summed E-state index contributed by atoms with van der Waals surface area (Å²) in [4.78, 5) is 10.3. The molecule has 0 radical (unpaired) electrons. The van der Waals surface area contributed by atoms with Crippen molar-refractivity contribution in [3.8, 4) is 0 Å². The molecule has 0 spiro atoms. The third kappa shape index (κ3) is 16.6. The second-order valence-electron chi connectivity index (χ2n) is 6.05. The van der Waals surface area contributed by atoms with Gasteiger partial charge in [-0.15, -0.1) is 0 Å². The topological polar surface area (TPSA) is 98.0 Å². The summed E-state index contributed by atoms with van der Waals surface area (Å²) in [6, 6.07) is 0. The van der Waals surface area contributed by atoms with E-state index in [-0.39, 0.29) is 11.9 Å². The number of unbranched alkanes of at least 4 members (excludes halogenated alkanes) is 5. The first kappa shape index (κ1) is 23.0. The minimum atomic E-state index is -1.29. The zero-order chi connectivity index (χ0) is 18.9. The van der Waals surface area contributed by atoms with E-state index >= 15 is 0 Å². The van der Waals surface area contributed by atoms with Crippen LogP contribution in [0.25, 0.3) is 0 Å². The fourth-order valence-corrected chi connectivity index (χ4v) is 2.29. The average Bonchev–Trinajstić information content (AvgIpc) is 2.53. The van der Waals surface area contributed by atoms with Gasteiger partial charge in [-0.25, -0.2) is 4.79 Å². The Morgan fingerprint density at radius 1 is 0.880 bits per heavy atom. The first-order chi connectivity index (χ1) is 12.0. The number of carboxylic acids is 1. The van der Waals surface area contributed by atoms with E-state index in [4.69, 9.17) is 5.11 Å². The molecule has 0 saturated heterocycles. The van der Waals surface area contributed by atoms with Crippen molar-refractivity contribution in [3.05, 3.63) is 48.0 Å². The van der Waals surface area contributed by atoms with Crippen LogP contribution in [0.1, 0.15) is 64.7 Å². The van der Waals surface area contributed by atoms with Crippen molar-refractivity contribution in [1.29, 1.82) is 0 Å². The van der Waals surface area contributed by atoms with Crippen LogP contribution in [0, 0.1) is 0 Å². The molecular formula is C20H32O5. The van der Waals surface area contributed by atoms with Gasteiger partial charge in [-0.1, -0.05) is 63.7 Å². The van der Waals surface area contributed by atoms with E-state index in [1.54, 1.807) is 12.2 Å². The predicted octanol–water partition coefficient (Wildman–Crippen LogP) is 4.96. The molecular weight excluding hydrogens is 320 g/mol. The van der Waals surface area contributed by atoms with Crippen LogP contribution in [0.2, 0.25) is 0 Å². The van der Waals surface area contributed by atoms with Crippen molar-refractivity contribution >= 4 is 5.97 Å². The van der Waals surface area contributed by atoms with Gasteiger partial charge in [0.1, 0.15) is 11.5 Å². The Morgan fingerprint density at radius 3 is 2.24 bits per heavy atom. The average molecular weight is 352 g/mol. The molecule has 0 bridgehead atoms. The van der Waals surface area contributed by atoms with Gasteiger partial charge >= 0.3 is 5.97 Å². The van der Waals surface area contributed by atoms with E-state index in [2.05, 4.69) is 6.92 Å². The van der Waals surface area contributed by atoms with E-state index in [0.29, 0.717) is 12.5 Å². The molecule has 1 atom stereocenters. The van der Waals surface area contributed by atoms with Crippen LogP contribution >= 0.6 is 0 Å². The Hall–Kier alpha value is -2.01. The maximum absolute atomic E-state index is 10.3. The van der Waals surface area contributed by atoms with Gasteiger partial charge in [0.2, 0.25) is 0 Å². The van der Waals surface area contributed by atoms with Crippen LogP contribution in [0.15, 0.2) is 48.0 Å². The number of allylic oxidation sites excluding steroid dienone is 5. The molecule has 0 saturated carbocycles. The Labute approximate surface area is 150 Å². The second kappa shape index (κ2) is 15.5. The number of aliphatic hydroxyl groups is 3. The molecule has 5 nitrogen and oxygen atoms in total. The molecule has 0 aliphatic rings. The maximum atomic E-state index is 10.3. The van der Waals surface area contributed by atoms with E-state index in [1.807, 2.05) is 6.08 Å². The number of hydrogen-bond donors (Lipinski definition) is 4. The van der Waals surface area contributed by atoms with E-state index in [1.165, 1.54) is 38.2 Å². The van der Waals surface area contributed by atoms with Gasteiger partial charge in [0.25, 0.3) is 0 Å². The first-order valence-electron chi connectivity index (χ1n) is 9.01. The van der Waals surface area contributed by atoms with Gasteiger partial charge < -0.3 is 20.4 Å². The van der Waals surface area contributed by atoms with Gasteiger partial charge in [0.05, 0.1) is 12.2 Å². The quantitative estimate of drug-likeness (QED) is 0.153. The van der Waals surface area contributed by atoms with Crippen molar-refractivity contribution in [1.82, 2.24) is 0 Å². The Kier molecular flexibility index (Phi) is 14.3. The molecule has 0 aromatic carbocycles. The van der Waals surface area contributed by atoms with Gasteiger partial charge in [-0.2, -0.15) is 0 Å². The highest BCUT2D eigenvalue weighted by molar-refractivity contribution is 5.80. The van der Waals surface area contributed by atoms with Crippen molar-refractivity contribution in [2.24, 2.45) is 0 Å². The van der Waals surface area contributed by atoms with Crippen LogP contribution in [0.3, 0.4) is 0 Å². The molecule has 0 aromatic rings. The highest BCUT2D eigenvalue weighted by Gasteiger charge is 2.02. The number of aliphatic carboxylic acids is 1. The van der Waals surface area contributed by atoms with E-state index in [0.717, 1.165) is 25.3 Å². The van der Waals surface area contributed by atoms with E-state index < -0.39 is 11.7 Å². The van der Waals surface area contributed by atoms with Gasteiger partial charge in [0.15, 0.2) is 0 Å². The Bertz CT molecular complexity index is 474. The molecule has 0 amide bonds. The number of rotatable bonds is 14. The first-order valence-corrected chi connectivity index (χ1v) is 9.01. The summed E-state index contributed by atoms with van der Waals surface area (Å²) in [5, 5.41) is 37.0. The van der Waals surface area contributed by atoms with Gasteiger partial charge in [-0.3, -0.25) is 0 Å². The number of hydrogen-bond acceptors (Lipinski definition) is 4. The molecule has 4 N–H and O–H groups in total. The minimum Gasteiger partial charge on any atom is -0.508 e. The standard InChI is InChI=1S/C20H32O5/c1-2-3-4-5-6-9-12-17(21)13-10-7-8-11-14-18(22)15-19(23)16-20(24)25/h7-8,11,14-17,21-23H,2-6,9-10,12-13H2,1H3,(H,24,25). The largest absolute Gasteiger partial charge is 0.508 e. The number of carbonyl (C=O) groups is 1. The highest BCUT2D eigenvalue weighted by atomic mass is 16.4. The summed E-state index contributed by atoms with van der Waals surface area (Å²) in [5.74, 6) is -2.07. The lowest BCUT2D eigenvalue weighted by atomic mass is 10.0. The zero-order valence-electron chi connectivity index (χ0n) is 15.1. The maximum Gasteiger partial charge on any atom is 0.332 e. The predicted molar refractivity (Wildman–Crippen MR) is 101 cm³/mol. The van der Waals surface area contributed by atoms with Gasteiger partial charge in [0, 0.05) is 6.08 Å². The monoisotopic (exact) mass is 352 g/mol. The molecule has 0 aromatic heterocycles. The normalized spacial score (nSPS) is 14.5. The third-order valence-corrected chi connectivity index (χ3v) is 3.64. The third-order valence-electron chi connectivity index (χ3n) is 3.64. The van der Waals surface area contributed by atoms with Crippen molar-refractivity contribution in [3.63, 3.8) is 0 Å².